The molecule has 1 aromatic carbocycles. The van der Waals surface area contributed by atoms with Gasteiger partial charge in [0, 0.05) is 36.6 Å². The zero-order valence-electron chi connectivity index (χ0n) is 17.2. The molecule has 0 atom stereocenters. The highest BCUT2D eigenvalue weighted by molar-refractivity contribution is 5.95. The molecule has 29 heavy (non-hydrogen) atoms. The lowest BCUT2D eigenvalue weighted by Crippen LogP contribution is -2.46. The van der Waals surface area contributed by atoms with Crippen molar-refractivity contribution in [1.82, 2.24) is 15.2 Å². The molecule has 0 bridgehead atoms. The predicted molar refractivity (Wildman–Crippen MR) is 113 cm³/mol. The lowest BCUT2D eigenvalue weighted by atomic mass is 10.0. The standard InChI is InChI=1S/C22H28N4O3/c1-4-29-22(28)26-11-8-18(9-12-26)25-21(27)17-7-10-23-20(14-17)24-19-6-5-15(2)16(3)13-19/h5-7,10,13-14,18H,4,8-9,11-12H2,1-3H3,(H,23,24)(H,25,27). The van der Waals surface area contributed by atoms with Crippen molar-refractivity contribution in [2.24, 2.45) is 0 Å². The zero-order valence-corrected chi connectivity index (χ0v) is 17.2. The quantitative estimate of drug-likeness (QED) is 0.803. The number of piperidine rings is 1. The van der Waals surface area contributed by atoms with Gasteiger partial charge in [-0.3, -0.25) is 4.79 Å². The molecule has 1 aliphatic heterocycles. The van der Waals surface area contributed by atoms with E-state index < -0.39 is 0 Å². The number of nitrogens with one attached hydrogen (secondary N) is 2. The van der Waals surface area contributed by atoms with Crippen LogP contribution in [0.15, 0.2) is 36.5 Å². The molecule has 2 N–H and O–H groups in total. The number of aromatic nitrogens is 1. The van der Waals surface area contributed by atoms with Crippen LogP contribution in [0.25, 0.3) is 0 Å². The Morgan fingerprint density at radius 2 is 1.90 bits per heavy atom. The first-order valence-corrected chi connectivity index (χ1v) is 9.99. The summed E-state index contributed by atoms with van der Waals surface area (Å²) in [6.45, 7) is 7.46. The minimum absolute atomic E-state index is 0.0394. The normalized spacial score (nSPS) is 14.4. The number of hydrogen-bond acceptors (Lipinski definition) is 5. The van der Waals surface area contributed by atoms with E-state index in [9.17, 15) is 9.59 Å². The third-order valence-electron chi connectivity index (χ3n) is 5.16. The van der Waals surface area contributed by atoms with Gasteiger partial charge in [-0.1, -0.05) is 6.07 Å². The van der Waals surface area contributed by atoms with Crippen LogP contribution in [0.1, 0.15) is 41.3 Å². The van der Waals surface area contributed by atoms with Gasteiger partial charge < -0.3 is 20.3 Å². The van der Waals surface area contributed by atoms with Crippen molar-refractivity contribution >= 4 is 23.5 Å². The number of likely N-dealkylation sites (tertiary alicyclic amines) is 1. The number of carbonyl (C=O) groups excluding carboxylic acids is 2. The maximum atomic E-state index is 12.7. The van der Waals surface area contributed by atoms with Crippen molar-refractivity contribution in [3.63, 3.8) is 0 Å². The molecule has 154 valence electrons. The summed E-state index contributed by atoms with van der Waals surface area (Å²) < 4.78 is 5.03. The zero-order chi connectivity index (χ0) is 20.8. The molecule has 7 heteroatoms. The monoisotopic (exact) mass is 396 g/mol. The lowest BCUT2D eigenvalue weighted by molar-refractivity contribution is 0.0860. The fraction of sp³-hybridized carbons (Fsp3) is 0.409. The Bertz CT molecular complexity index is 876. The van der Waals surface area contributed by atoms with E-state index >= 15 is 0 Å². The van der Waals surface area contributed by atoms with Gasteiger partial charge >= 0.3 is 6.09 Å². The molecule has 7 nitrogen and oxygen atoms in total. The summed E-state index contributed by atoms with van der Waals surface area (Å²) in [4.78, 5) is 30.4. The Balaban J connectivity index is 1.57. The average Bonchev–Trinajstić information content (AvgIpc) is 2.72. The first-order chi connectivity index (χ1) is 14.0. The lowest BCUT2D eigenvalue weighted by Gasteiger charge is -2.31. The fourth-order valence-corrected chi connectivity index (χ4v) is 3.30. The summed E-state index contributed by atoms with van der Waals surface area (Å²) in [6, 6.07) is 9.59. The Hall–Kier alpha value is -3.09. The van der Waals surface area contributed by atoms with Crippen LogP contribution in [0, 0.1) is 13.8 Å². The van der Waals surface area contributed by atoms with Crippen LogP contribution < -0.4 is 10.6 Å². The molecule has 2 heterocycles. The van der Waals surface area contributed by atoms with Gasteiger partial charge in [0.2, 0.25) is 0 Å². The summed E-state index contributed by atoms with van der Waals surface area (Å²) in [7, 11) is 0. The molecule has 1 aromatic heterocycles. The molecule has 0 unspecified atom stereocenters. The van der Waals surface area contributed by atoms with E-state index in [-0.39, 0.29) is 18.0 Å². The van der Waals surface area contributed by atoms with E-state index in [1.807, 2.05) is 6.07 Å². The largest absolute Gasteiger partial charge is 0.450 e. The van der Waals surface area contributed by atoms with Crippen molar-refractivity contribution < 1.29 is 14.3 Å². The third-order valence-corrected chi connectivity index (χ3v) is 5.16. The summed E-state index contributed by atoms with van der Waals surface area (Å²) in [5, 5.41) is 6.31. The number of benzene rings is 1. The molecule has 3 rings (SSSR count). The first kappa shape index (κ1) is 20.6. The second-order valence-electron chi connectivity index (χ2n) is 7.29. The van der Waals surface area contributed by atoms with Crippen LogP contribution in [0.4, 0.5) is 16.3 Å². The van der Waals surface area contributed by atoms with E-state index in [0.717, 1.165) is 5.69 Å². The van der Waals surface area contributed by atoms with E-state index in [1.165, 1.54) is 11.1 Å². The number of aryl methyl sites for hydroxylation is 2. The average molecular weight is 396 g/mol. The Labute approximate surface area is 171 Å². The second kappa shape index (κ2) is 9.41. The molecule has 1 aliphatic rings. The van der Waals surface area contributed by atoms with E-state index in [2.05, 4.69) is 41.6 Å². The summed E-state index contributed by atoms with van der Waals surface area (Å²) >= 11 is 0. The topological polar surface area (TPSA) is 83.6 Å². The van der Waals surface area contributed by atoms with Gasteiger partial charge in [0.05, 0.1) is 6.61 Å². The van der Waals surface area contributed by atoms with Crippen molar-refractivity contribution in [3.05, 3.63) is 53.2 Å². The van der Waals surface area contributed by atoms with Gasteiger partial charge in [-0.15, -0.1) is 0 Å². The Morgan fingerprint density at radius 1 is 1.14 bits per heavy atom. The van der Waals surface area contributed by atoms with Gasteiger partial charge in [0.15, 0.2) is 0 Å². The van der Waals surface area contributed by atoms with E-state index in [1.54, 1.807) is 30.2 Å². The van der Waals surface area contributed by atoms with Gasteiger partial charge in [-0.2, -0.15) is 0 Å². The van der Waals surface area contributed by atoms with Gasteiger partial charge in [0.25, 0.3) is 5.91 Å². The number of pyridine rings is 1. The van der Waals surface area contributed by atoms with Crippen LogP contribution in [-0.2, 0) is 4.74 Å². The summed E-state index contributed by atoms with van der Waals surface area (Å²) in [5.74, 6) is 0.489. The van der Waals surface area contributed by atoms with E-state index in [0.29, 0.717) is 43.9 Å². The number of carbonyl (C=O) groups is 2. The highest BCUT2D eigenvalue weighted by Gasteiger charge is 2.24. The molecule has 0 spiro atoms. The minimum atomic E-state index is -0.284. The van der Waals surface area contributed by atoms with Crippen LogP contribution in [0.5, 0.6) is 0 Å². The number of hydrogen-bond donors (Lipinski definition) is 2. The van der Waals surface area contributed by atoms with E-state index in [4.69, 9.17) is 4.74 Å². The first-order valence-electron chi connectivity index (χ1n) is 9.99. The van der Waals surface area contributed by atoms with Crippen LogP contribution in [0.2, 0.25) is 0 Å². The number of anilines is 2. The maximum absolute atomic E-state index is 12.7. The molecule has 1 saturated heterocycles. The number of nitrogens with zero attached hydrogens (tertiary/aromatic N) is 2. The fourth-order valence-electron chi connectivity index (χ4n) is 3.30. The summed E-state index contributed by atoms with van der Waals surface area (Å²) in [5.41, 5.74) is 3.91. The number of ether oxygens (including phenoxy) is 1. The molecular weight excluding hydrogens is 368 g/mol. The Kier molecular flexibility index (Phi) is 6.69. The maximum Gasteiger partial charge on any atom is 0.409 e. The SMILES string of the molecule is CCOC(=O)N1CCC(NC(=O)c2ccnc(Nc3ccc(C)c(C)c3)c2)CC1. The van der Waals surface area contributed by atoms with Gasteiger partial charge in [-0.25, -0.2) is 9.78 Å². The Morgan fingerprint density at radius 3 is 2.59 bits per heavy atom. The third kappa shape index (κ3) is 5.47. The minimum Gasteiger partial charge on any atom is -0.450 e. The highest BCUT2D eigenvalue weighted by atomic mass is 16.6. The molecular formula is C22H28N4O3. The van der Waals surface area contributed by atoms with Crippen molar-refractivity contribution in [1.29, 1.82) is 0 Å². The van der Waals surface area contributed by atoms with Gasteiger partial charge in [-0.05, 0) is 69.0 Å². The van der Waals surface area contributed by atoms with Crippen molar-refractivity contribution in [3.8, 4) is 0 Å². The van der Waals surface area contributed by atoms with Crippen molar-refractivity contribution in [2.75, 3.05) is 25.0 Å². The molecule has 2 amide bonds. The number of amides is 2. The van der Waals surface area contributed by atoms with Crippen LogP contribution >= 0.6 is 0 Å². The molecule has 1 fully saturated rings. The molecule has 0 radical (unpaired) electrons. The highest BCUT2D eigenvalue weighted by Crippen LogP contribution is 2.19. The molecule has 2 aromatic rings. The predicted octanol–water partition coefficient (Wildman–Crippen LogP) is 3.79. The molecule has 0 aliphatic carbocycles. The second-order valence-corrected chi connectivity index (χ2v) is 7.29. The van der Waals surface area contributed by atoms with Crippen LogP contribution in [0.3, 0.4) is 0 Å². The van der Waals surface area contributed by atoms with Crippen LogP contribution in [-0.4, -0.2) is 47.6 Å². The number of rotatable bonds is 5. The van der Waals surface area contributed by atoms with Gasteiger partial charge in [0.1, 0.15) is 5.82 Å². The molecule has 0 saturated carbocycles. The summed E-state index contributed by atoms with van der Waals surface area (Å²) in [6.07, 6.45) is 2.77. The smallest absolute Gasteiger partial charge is 0.409 e. The van der Waals surface area contributed by atoms with Crippen molar-refractivity contribution in [2.45, 2.75) is 39.7 Å².